The molecular weight excluding hydrogens is 455 g/mol. The van der Waals surface area contributed by atoms with Crippen LogP contribution in [0.2, 0.25) is 18.1 Å². The second kappa shape index (κ2) is 9.38. The van der Waals surface area contributed by atoms with Gasteiger partial charge in [-0.1, -0.05) is 69.4 Å². The van der Waals surface area contributed by atoms with Gasteiger partial charge in [0.2, 0.25) is 0 Å². The average molecular weight is 497 g/mol. The van der Waals surface area contributed by atoms with E-state index in [9.17, 15) is 0 Å². The van der Waals surface area contributed by atoms with Crippen LogP contribution >= 0.6 is 22.6 Å². The van der Waals surface area contributed by atoms with Gasteiger partial charge >= 0.3 is 0 Å². The van der Waals surface area contributed by atoms with E-state index in [2.05, 4.69) is 89.4 Å². The molecule has 0 aromatic rings. The first kappa shape index (κ1) is 24.6. The Morgan fingerprint density at radius 1 is 1.12 bits per heavy atom. The van der Waals surface area contributed by atoms with Crippen LogP contribution in [-0.2, 0) is 13.9 Å². The fourth-order valence-corrected chi connectivity index (χ4v) is 5.12. The van der Waals surface area contributed by atoms with Crippen LogP contribution in [0.1, 0.15) is 61.8 Å². The van der Waals surface area contributed by atoms with Gasteiger partial charge in [-0.05, 0) is 51.2 Å². The molecule has 1 aliphatic rings. The van der Waals surface area contributed by atoms with Gasteiger partial charge < -0.3 is 13.9 Å². The molecule has 2 unspecified atom stereocenters. The van der Waals surface area contributed by atoms with E-state index in [1.807, 2.05) is 13.8 Å². The molecule has 0 aliphatic carbocycles. The quantitative estimate of drug-likeness (QED) is 0.165. The van der Waals surface area contributed by atoms with Crippen LogP contribution in [0.4, 0.5) is 0 Å². The normalized spacial score (nSPS) is 27.7. The van der Waals surface area contributed by atoms with Crippen LogP contribution in [0.15, 0.2) is 12.2 Å². The number of hydrogen-bond acceptors (Lipinski definition) is 3. The monoisotopic (exact) mass is 496 g/mol. The zero-order valence-corrected chi connectivity index (χ0v) is 21.7. The molecule has 26 heavy (non-hydrogen) atoms. The zero-order valence-electron chi connectivity index (χ0n) is 18.6. The minimum atomic E-state index is -1.73. The third-order valence-corrected chi connectivity index (χ3v) is 11.1. The van der Waals surface area contributed by atoms with E-state index in [4.69, 9.17) is 13.9 Å². The Labute approximate surface area is 176 Å². The summed E-state index contributed by atoms with van der Waals surface area (Å²) in [6.07, 6.45) is 6.16. The molecule has 0 amide bonds. The Morgan fingerprint density at radius 2 is 1.69 bits per heavy atom. The lowest BCUT2D eigenvalue weighted by atomic mass is 9.95. The Hall–Kier alpha value is 0.567. The molecule has 3 nitrogen and oxygen atoms in total. The van der Waals surface area contributed by atoms with Crippen LogP contribution in [0.25, 0.3) is 0 Å². The van der Waals surface area contributed by atoms with Crippen molar-refractivity contribution in [2.45, 2.75) is 104 Å². The van der Waals surface area contributed by atoms with Gasteiger partial charge in [0, 0.05) is 16.4 Å². The summed E-state index contributed by atoms with van der Waals surface area (Å²) in [6, 6.07) is 0. The van der Waals surface area contributed by atoms with Crippen LogP contribution in [-0.4, -0.2) is 36.8 Å². The standard InChI is InChI=1S/C21H41IO3Si/c1-15(17(3)25-26(9,10)20(4,5)6)11-12-16(2)19-18(13-14-22)23-21(7,8)24-19/h11-12,15-19H,13-14H2,1-10H3/b12-11-/t15-,16?,17+,18+,19?/m1/s1. The van der Waals surface area contributed by atoms with Crippen molar-refractivity contribution in [1.82, 2.24) is 0 Å². The number of halogens is 1. The number of hydrogen-bond donors (Lipinski definition) is 0. The van der Waals surface area contributed by atoms with Gasteiger partial charge in [0.25, 0.3) is 0 Å². The summed E-state index contributed by atoms with van der Waals surface area (Å²) in [5.74, 6) is 0.227. The molecule has 5 heteroatoms. The molecule has 0 spiro atoms. The molecule has 154 valence electrons. The molecule has 1 heterocycles. The number of rotatable bonds is 8. The minimum absolute atomic E-state index is 0.125. The third kappa shape index (κ3) is 6.87. The van der Waals surface area contributed by atoms with Gasteiger partial charge in [0.15, 0.2) is 14.1 Å². The van der Waals surface area contributed by atoms with Crippen molar-refractivity contribution in [3.8, 4) is 0 Å². The van der Waals surface area contributed by atoms with Crippen LogP contribution in [0, 0.1) is 11.8 Å². The summed E-state index contributed by atoms with van der Waals surface area (Å²) in [5, 5.41) is 0.241. The maximum absolute atomic E-state index is 6.55. The van der Waals surface area contributed by atoms with Gasteiger partial charge in [-0.2, -0.15) is 0 Å². The smallest absolute Gasteiger partial charge is 0.192 e. The van der Waals surface area contributed by atoms with Crippen molar-refractivity contribution in [1.29, 1.82) is 0 Å². The summed E-state index contributed by atoms with van der Waals surface area (Å²) >= 11 is 2.42. The summed E-state index contributed by atoms with van der Waals surface area (Å²) in [4.78, 5) is 0. The fourth-order valence-electron chi connectivity index (χ4n) is 3.00. The van der Waals surface area contributed by atoms with Gasteiger partial charge in [0.1, 0.15) is 0 Å². The lowest BCUT2D eigenvalue weighted by molar-refractivity contribution is -0.148. The molecular formula is C21H41IO3Si. The summed E-state index contributed by atoms with van der Waals surface area (Å²) in [7, 11) is -1.73. The minimum Gasteiger partial charge on any atom is -0.414 e. The second-order valence-corrected chi connectivity index (χ2v) is 15.6. The third-order valence-electron chi connectivity index (χ3n) is 5.88. The molecule has 0 radical (unpaired) electrons. The molecule has 0 bridgehead atoms. The van der Waals surface area contributed by atoms with E-state index in [0.29, 0.717) is 11.8 Å². The Kier molecular flexibility index (Phi) is 8.87. The summed E-state index contributed by atoms with van der Waals surface area (Å²) < 4.78 is 19.9. The van der Waals surface area contributed by atoms with Crippen molar-refractivity contribution >= 4 is 30.9 Å². The van der Waals surface area contributed by atoms with E-state index >= 15 is 0 Å². The Bertz CT molecular complexity index is 470. The van der Waals surface area contributed by atoms with Crippen molar-refractivity contribution in [3.05, 3.63) is 12.2 Å². The topological polar surface area (TPSA) is 27.7 Å². The molecule has 5 atom stereocenters. The van der Waals surface area contributed by atoms with Crippen molar-refractivity contribution in [3.63, 3.8) is 0 Å². The average Bonchev–Trinajstić information content (AvgIpc) is 2.78. The Morgan fingerprint density at radius 3 is 2.19 bits per heavy atom. The highest BCUT2D eigenvalue weighted by molar-refractivity contribution is 14.1. The lowest BCUT2D eigenvalue weighted by Crippen LogP contribution is -2.44. The van der Waals surface area contributed by atoms with Gasteiger partial charge in [0.05, 0.1) is 12.2 Å². The van der Waals surface area contributed by atoms with Gasteiger partial charge in [-0.25, -0.2) is 0 Å². The van der Waals surface area contributed by atoms with E-state index in [0.717, 1.165) is 10.8 Å². The highest BCUT2D eigenvalue weighted by Gasteiger charge is 2.43. The highest BCUT2D eigenvalue weighted by Crippen LogP contribution is 2.38. The van der Waals surface area contributed by atoms with E-state index < -0.39 is 14.1 Å². The first-order valence-electron chi connectivity index (χ1n) is 9.98. The predicted octanol–water partition coefficient (Wildman–Crippen LogP) is 6.57. The number of ether oxygens (including phenoxy) is 2. The van der Waals surface area contributed by atoms with Crippen molar-refractivity contribution < 1.29 is 13.9 Å². The summed E-state index contributed by atoms with van der Waals surface area (Å²) in [5.41, 5.74) is 0. The molecule has 0 saturated carbocycles. The molecule has 1 saturated heterocycles. The van der Waals surface area contributed by atoms with Gasteiger partial charge in [-0.15, -0.1) is 0 Å². The van der Waals surface area contributed by atoms with Crippen LogP contribution in [0.5, 0.6) is 0 Å². The fraction of sp³-hybridized carbons (Fsp3) is 0.905. The molecule has 1 rings (SSSR count). The maximum Gasteiger partial charge on any atom is 0.192 e. The van der Waals surface area contributed by atoms with Crippen LogP contribution < -0.4 is 0 Å². The molecule has 1 aliphatic heterocycles. The second-order valence-electron chi connectivity index (χ2n) is 9.80. The first-order valence-corrected chi connectivity index (χ1v) is 14.4. The molecule has 0 aromatic heterocycles. The molecule has 1 fully saturated rings. The maximum atomic E-state index is 6.55. The predicted molar refractivity (Wildman–Crippen MR) is 123 cm³/mol. The first-order chi connectivity index (χ1) is 11.7. The van der Waals surface area contributed by atoms with E-state index in [1.165, 1.54) is 0 Å². The zero-order chi connectivity index (χ0) is 20.3. The van der Waals surface area contributed by atoms with Crippen molar-refractivity contribution in [2.24, 2.45) is 11.8 Å². The number of alkyl halides is 1. The SMILES string of the molecule is CC(/C=C\[C@@H](C)[C@H](C)O[Si](C)(C)C(C)(C)C)C1OC(C)(C)O[C@H]1CCI. The van der Waals surface area contributed by atoms with Gasteiger partial charge in [-0.3, -0.25) is 0 Å². The van der Waals surface area contributed by atoms with E-state index in [-0.39, 0.29) is 23.4 Å². The lowest BCUT2D eigenvalue weighted by Gasteiger charge is -2.39. The molecule has 0 aromatic carbocycles. The largest absolute Gasteiger partial charge is 0.414 e. The van der Waals surface area contributed by atoms with Crippen LogP contribution in [0.3, 0.4) is 0 Å². The molecule has 0 N–H and O–H groups in total. The Balaban J connectivity index is 2.70. The van der Waals surface area contributed by atoms with E-state index in [1.54, 1.807) is 0 Å². The summed E-state index contributed by atoms with van der Waals surface area (Å²) in [6.45, 7) is 22.2. The highest BCUT2D eigenvalue weighted by atomic mass is 127. The van der Waals surface area contributed by atoms with Crippen molar-refractivity contribution in [2.75, 3.05) is 4.43 Å².